The molecular formula is C23H27N3O2S. The summed E-state index contributed by atoms with van der Waals surface area (Å²) in [6.07, 6.45) is 3.94. The summed E-state index contributed by atoms with van der Waals surface area (Å²) in [4.78, 5) is 21.6. The Bertz CT molecular complexity index is 957. The number of rotatable bonds is 8. The highest BCUT2D eigenvalue weighted by Gasteiger charge is 2.30. The van der Waals surface area contributed by atoms with Crippen molar-refractivity contribution < 1.29 is 9.53 Å². The van der Waals surface area contributed by atoms with Crippen molar-refractivity contribution in [2.45, 2.75) is 18.8 Å². The van der Waals surface area contributed by atoms with Gasteiger partial charge in [0, 0.05) is 44.2 Å². The zero-order valence-electron chi connectivity index (χ0n) is 16.8. The summed E-state index contributed by atoms with van der Waals surface area (Å²) in [5, 5.41) is 4.12. The second-order valence-electron chi connectivity index (χ2n) is 7.47. The van der Waals surface area contributed by atoms with E-state index in [0.717, 1.165) is 47.6 Å². The van der Waals surface area contributed by atoms with Crippen LogP contribution in [0.2, 0.25) is 0 Å². The second kappa shape index (κ2) is 9.48. The average molecular weight is 410 g/mol. The van der Waals surface area contributed by atoms with Gasteiger partial charge in [-0.15, -0.1) is 11.3 Å². The van der Waals surface area contributed by atoms with Crippen molar-refractivity contribution >= 4 is 27.5 Å². The van der Waals surface area contributed by atoms with Crippen molar-refractivity contribution in [1.29, 1.82) is 0 Å². The number of aromatic nitrogens is 1. The van der Waals surface area contributed by atoms with Crippen molar-refractivity contribution in [3.05, 3.63) is 64.7 Å². The first-order valence-electron chi connectivity index (χ1n) is 10.2. The Morgan fingerprint density at radius 2 is 2.14 bits per heavy atom. The highest BCUT2D eigenvalue weighted by Crippen LogP contribution is 2.39. The van der Waals surface area contributed by atoms with Crippen molar-refractivity contribution in [2.24, 2.45) is 0 Å². The zero-order valence-corrected chi connectivity index (χ0v) is 17.6. The fourth-order valence-corrected chi connectivity index (χ4v) is 5.22. The minimum atomic E-state index is -0.0113. The molecule has 1 fully saturated rings. The van der Waals surface area contributed by atoms with E-state index in [4.69, 9.17) is 4.74 Å². The Hall–Kier alpha value is -2.28. The molecule has 0 bridgehead atoms. The molecule has 4 rings (SSSR count). The van der Waals surface area contributed by atoms with E-state index in [1.165, 1.54) is 22.5 Å². The molecule has 0 saturated carbocycles. The summed E-state index contributed by atoms with van der Waals surface area (Å²) in [6, 6.07) is 14.7. The van der Waals surface area contributed by atoms with E-state index in [2.05, 4.69) is 51.6 Å². The number of likely N-dealkylation sites (tertiary alicyclic amines) is 1. The van der Waals surface area contributed by atoms with Crippen molar-refractivity contribution in [3.63, 3.8) is 0 Å². The number of methoxy groups -OCH3 is 1. The lowest BCUT2D eigenvalue weighted by molar-refractivity contribution is 0.0940. The topological polar surface area (TPSA) is 54.5 Å². The molecule has 3 aromatic rings. The standard InChI is InChI=1S/C23H27N3O2S/c1-28-15-12-24-22(27)21-20(19-8-5-11-25-23(19)29-21)18-10-14-26(16-18)13-9-17-6-3-2-4-7-17/h2-8,11,18H,9-10,12-16H2,1H3,(H,24,27)/t18-/m0/s1. The summed E-state index contributed by atoms with van der Waals surface area (Å²) < 4.78 is 5.06. The minimum absolute atomic E-state index is 0.0113. The molecule has 0 spiro atoms. The summed E-state index contributed by atoms with van der Waals surface area (Å²) in [5.41, 5.74) is 2.55. The Labute approximate surface area is 175 Å². The maximum Gasteiger partial charge on any atom is 0.261 e. The third kappa shape index (κ3) is 4.66. The lowest BCUT2D eigenvalue weighted by Gasteiger charge is -2.17. The van der Waals surface area contributed by atoms with Gasteiger partial charge < -0.3 is 15.0 Å². The first kappa shape index (κ1) is 20.0. The third-order valence-electron chi connectivity index (χ3n) is 5.54. The lowest BCUT2D eigenvalue weighted by atomic mass is 9.95. The van der Waals surface area contributed by atoms with E-state index in [0.29, 0.717) is 19.1 Å². The maximum atomic E-state index is 12.9. The Morgan fingerprint density at radius 1 is 1.28 bits per heavy atom. The average Bonchev–Trinajstić information content (AvgIpc) is 3.37. The summed E-state index contributed by atoms with van der Waals surface area (Å²) in [5.74, 6) is 0.356. The van der Waals surface area contributed by atoms with E-state index < -0.39 is 0 Å². The number of thiophene rings is 1. The van der Waals surface area contributed by atoms with E-state index >= 15 is 0 Å². The molecule has 152 valence electrons. The Balaban J connectivity index is 1.50. The predicted molar refractivity (Wildman–Crippen MR) is 118 cm³/mol. The van der Waals surface area contributed by atoms with Gasteiger partial charge >= 0.3 is 0 Å². The molecule has 1 aliphatic rings. The highest BCUT2D eigenvalue weighted by atomic mass is 32.1. The number of hydrogen-bond acceptors (Lipinski definition) is 5. The van der Waals surface area contributed by atoms with Crippen LogP contribution in [0.1, 0.15) is 33.1 Å². The fourth-order valence-electron chi connectivity index (χ4n) is 4.08. The number of amides is 1. The summed E-state index contributed by atoms with van der Waals surface area (Å²) >= 11 is 1.51. The monoisotopic (exact) mass is 409 g/mol. The fraction of sp³-hybridized carbons (Fsp3) is 0.391. The molecular weight excluding hydrogens is 382 g/mol. The molecule has 5 nitrogen and oxygen atoms in total. The van der Waals surface area contributed by atoms with E-state index in [-0.39, 0.29) is 5.91 Å². The lowest BCUT2D eigenvalue weighted by Crippen LogP contribution is -2.27. The van der Waals surface area contributed by atoms with Crippen molar-refractivity contribution in [1.82, 2.24) is 15.2 Å². The molecule has 1 aromatic carbocycles. The van der Waals surface area contributed by atoms with Crippen LogP contribution in [0.25, 0.3) is 10.2 Å². The van der Waals surface area contributed by atoms with Crippen LogP contribution in [0.15, 0.2) is 48.7 Å². The maximum absolute atomic E-state index is 12.9. The van der Waals surface area contributed by atoms with Crippen LogP contribution in [0.3, 0.4) is 0 Å². The van der Waals surface area contributed by atoms with E-state index in [1.54, 1.807) is 13.3 Å². The molecule has 1 aliphatic heterocycles. The number of nitrogens with one attached hydrogen (secondary N) is 1. The number of nitrogens with zero attached hydrogens (tertiary/aromatic N) is 2. The molecule has 1 N–H and O–H groups in total. The van der Waals surface area contributed by atoms with Crippen LogP contribution in [-0.2, 0) is 11.2 Å². The van der Waals surface area contributed by atoms with Gasteiger partial charge in [0.2, 0.25) is 0 Å². The van der Waals surface area contributed by atoms with Crippen LogP contribution in [0.5, 0.6) is 0 Å². The van der Waals surface area contributed by atoms with Gasteiger partial charge in [-0.25, -0.2) is 4.98 Å². The minimum Gasteiger partial charge on any atom is -0.383 e. The van der Waals surface area contributed by atoms with Gasteiger partial charge in [0.05, 0.1) is 11.5 Å². The van der Waals surface area contributed by atoms with E-state index in [1.807, 2.05) is 6.07 Å². The SMILES string of the molecule is COCCNC(=O)c1sc2ncccc2c1[C@H]1CCN(CCc2ccccc2)C1. The Kier molecular flexibility index (Phi) is 6.54. The van der Waals surface area contributed by atoms with Crippen LogP contribution in [0.4, 0.5) is 0 Å². The summed E-state index contributed by atoms with van der Waals surface area (Å²) in [7, 11) is 1.64. The molecule has 29 heavy (non-hydrogen) atoms. The van der Waals surface area contributed by atoms with Gasteiger partial charge in [-0.2, -0.15) is 0 Å². The van der Waals surface area contributed by atoms with Gasteiger partial charge in [-0.05, 0) is 36.6 Å². The van der Waals surface area contributed by atoms with Crippen LogP contribution in [0, 0.1) is 0 Å². The number of fused-ring (bicyclic) bond motifs is 1. The Morgan fingerprint density at radius 3 is 2.97 bits per heavy atom. The molecule has 3 heterocycles. The van der Waals surface area contributed by atoms with Crippen molar-refractivity contribution in [2.75, 3.05) is 39.9 Å². The zero-order chi connectivity index (χ0) is 20.1. The molecule has 1 saturated heterocycles. The smallest absolute Gasteiger partial charge is 0.261 e. The highest BCUT2D eigenvalue weighted by molar-refractivity contribution is 7.20. The first-order valence-corrected chi connectivity index (χ1v) is 11.0. The van der Waals surface area contributed by atoms with Gasteiger partial charge in [-0.1, -0.05) is 36.4 Å². The van der Waals surface area contributed by atoms with Crippen LogP contribution < -0.4 is 5.32 Å². The molecule has 0 aliphatic carbocycles. The number of ether oxygens (including phenoxy) is 1. The summed E-state index contributed by atoms with van der Waals surface area (Å²) in [6.45, 7) is 4.15. The number of hydrogen-bond donors (Lipinski definition) is 1. The molecule has 1 atom stereocenters. The molecule has 0 radical (unpaired) electrons. The van der Waals surface area contributed by atoms with Gasteiger partial charge in [-0.3, -0.25) is 4.79 Å². The first-order chi connectivity index (χ1) is 14.3. The predicted octanol–water partition coefficient (Wildman–Crippen LogP) is 3.70. The molecule has 1 amide bonds. The van der Waals surface area contributed by atoms with Crippen molar-refractivity contribution in [3.8, 4) is 0 Å². The normalized spacial score (nSPS) is 17.1. The van der Waals surface area contributed by atoms with Gasteiger partial charge in [0.25, 0.3) is 5.91 Å². The quantitative estimate of drug-likeness (QED) is 0.577. The largest absolute Gasteiger partial charge is 0.383 e. The number of benzene rings is 1. The second-order valence-corrected chi connectivity index (χ2v) is 8.47. The molecule has 0 unspecified atom stereocenters. The molecule has 6 heteroatoms. The van der Waals surface area contributed by atoms with Gasteiger partial charge in [0.15, 0.2) is 0 Å². The van der Waals surface area contributed by atoms with Crippen LogP contribution >= 0.6 is 11.3 Å². The third-order valence-corrected chi connectivity index (χ3v) is 6.67. The van der Waals surface area contributed by atoms with Gasteiger partial charge in [0.1, 0.15) is 4.83 Å². The number of pyridine rings is 1. The molecule has 2 aromatic heterocycles. The van der Waals surface area contributed by atoms with E-state index in [9.17, 15) is 4.79 Å². The number of carbonyl (C=O) groups is 1. The number of carbonyl (C=O) groups excluding carboxylic acids is 1. The van der Waals surface area contributed by atoms with Crippen LogP contribution in [-0.4, -0.2) is 55.7 Å².